The minimum Gasteiger partial charge on any atom is -0.458 e. The van der Waals surface area contributed by atoms with Crippen molar-refractivity contribution >= 4 is 15.8 Å². The van der Waals surface area contributed by atoms with Gasteiger partial charge >= 0.3 is 5.97 Å². The van der Waals surface area contributed by atoms with Gasteiger partial charge in [0.25, 0.3) is 0 Å². The molecule has 3 aliphatic carbocycles. The Kier molecular flexibility index (Phi) is 4.27. The lowest BCUT2D eigenvalue weighted by Gasteiger charge is -2.61. The highest BCUT2D eigenvalue weighted by molar-refractivity contribution is 7.89. The van der Waals surface area contributed by atoms with Crippen molar-refractivity contribution < 1.29 is 17.9 Å². The van der Waals surface area contributed by atoms with E-state index in [0.717, 1.165) is 6.42 Å². The molecule has 4 nitrogen and oxygen atoms in total. The Bertz CT molecular complexity index is 733. The number of hydrogen-bond donors (Lipinski definition) is 0. The minimum absolute atomic E-state index is 0.00929. The summed E-state index contributed by atoms with van der Waals surface area (Å²) in [6.07, 6.45) is 3.39. The molecule has 0 radical (unpaired) electrons. The lowest BCUT2D eigenvalue weighted by Crippen LogP contribution is -2.57. The van der Waals surface area contributed by atoms with Crippen LogP contribution in [0.5, 0.6) is 0 Å². The van der Waals surface area contributed by atoms with Crippen LogP contribution in [-0.2, 0) is 20.3 Å². The van der Waals surface area contributed by atoms with Crippen LogP contribution in [0, 0.1) is 23.2 Å². The van der Waals surface area contributed by atoms with Gasteiger partial charge in [0.1, 0.15) is 6.10 Å². The van der Waals surface area contributed by atoms with Gasteiger partial charge in [0, 0.05) is 6.26 Å². The van der Waals surface area contributed by atoms with E-state index in [-0.39, 0.29) is 17.8 Å². The maximum atomic E-state index is 12.4. The van der Waals surface area contributed by atoms with Crippen molar-refractivity contribution in [3.05, 3.63) is 35.4 Å². The van der Waals surface area contributed by atoms with Gasteiger partial charge in [0.15, 0.2) is 9.84 Å². The van der Waals surface area contributed by atoms with Crippen molar-refractivity contribution in [1.82, 2.24) is 0 Å². The molecular weight excluding hydrogens is 324 g/mol. The van der Waals surface area contributed by atoms with Crippen LogP contribution < -0.4 is 0 Å². The fraction of sp³-hybridized carbons (Fsp3) is 0.632. The molecule has 0 heterocycles. The second kappa shape index (κ2) is 5.87. The predicted octanol–water partition coefficient (Wildman–Crippen LogP) is 3.46. The number of fused-ring (bicyclic) bond motifs is 2. The van der Waals surface area contributed by atoms with Crippen LogP contribution in [0.4, 0.5) is 0 Å². The Morgan fingerprint density at radius 1 is 1.21 bits per heavy atom. The smallest absolute Gasteiger partial charge is 0.338 e. The van der Waals surface area contributed by atoms with E-state index in [1.54, 1.807) is 24.3 Å². The first-order chi connectivity index (χ1) is 11.1. The topological polar surface area (TPSA) is 60.4 Å². The number of sulfone groups is 1. The fourth-order valence-corrected chi connectivity index (χ4v) is 5.30. The standard InChI is InChI=1S/C19H26O4S/c1-12-16-9-15(19(16,2)3)10-17(12)23-18(20)14-7-5-13(6-8-14)11-24(4,21)22/h5-8,12,15-17H,9-11H2,1-4H3/t12-,15+,16+,17-/m0/s1. The molecule has 0 spiro atoms. The van der Waals surface area contributed by atoms with Gasteiger partial charge in [-0.05, 0) is 53.7 Å². The number of benzene rings is 1. The van der Waals surface area contributed by atoms with Gasteiger partial charge in [-0.1, -0.05) is 32.9 Å². The molecule has 0 unspecified atom stereocenters. The number of carbonyl (C=O) groups excluding carboxylic acids is 1. The second-order valence-electron chi connectivity index (χ2n) is 8.17. The summed E-state index contributed by atoms with van der Waals surface area (Å²) in [5.74, 6) is 1.34. The van der Waals surface area contributed by atoms with Gasteiger partial charge in [0.05, 0.1) is 11.3 Å². The molecule has 3 aliphatic rings. The Morgan fingerprint density at radius 2 is 1.83 bits per heavy atom. The summed E-state index contributed by atoms with van der Waals surface area (Å²) in [5, 5.41) is 0. The highest BCUT2D eigenvalue weighted by Gasteiger charge is 2.57. The molecule has 3 fully saturated rings. The van der Waals surface area contributed by atoms with Crippen LogP contribution >= 0.6 is 0 Å². The molecule has 0 aliphatic heterocycles. The molecule has 1 aromatic carbocycles. The molecule has 5 heteroatoms. The Balaban J connectivity index is 1.64. The summed E-state index contributed by atoms with van der Waals surface area (Å²) >= 11 is 0. The third-order valence-corrected chi connectivity index (χ3v) is 7.02. The van der Waals surface area contributed by atoms with Crippen molar-refractivity contribution in [2.24, 2.45) is 23.2 Å². The highest BCUT2D eigenvalue weighted by atomic mass is 32.2. The molecule has 3 saturated carbocycles. The maximum Gasteiger partial charge on any atom is 0.338 e. The van der Waals surface area contributed by atoms with E-state index in [1.165, 1.54) is 12.7 Å². The first kappa shape index (κ1) is 17.5. The third-order valence-electron chi connectivity index (χ3n) is 6.16. The summed E-state index contributed by atoms with van der Waals surface area (Å²) in [5.41, 5.74) is 1.54. The van der Waals surface area contributed by atoms with Crippen LogP contribution in [0.15, 0.2) is 24.3 Å². The predicted molar refractivity (Wildman–Crippen MR) is 93.4 cm³/mol. The average Bonchev–Trinajstić information content (AvgIpc) is 2.47. The molecule has 1 aromatic rings. The molecule has 0 aromatic heterocycles. The number of rotatable bonds is 4. The first-order valence-corrected chi connectivity index (χ1v) is 10.6. The summed E-state index contributed by atoms with van der Waals surface area (Å²) in [6, 6.07) is 6.67. The highest BCUT2D eigenvalue weighted by Crippen LogP contribution is 2.61. The van der Waals surface area contributed by atoms with Gasteiger partial charge in [-0.3, -0.25) is 0 Å². The molecule has 24 heavy (non-hydrogen) atoms. The van der Waals surface area contributed by atoms with Gasteiger partial charge in [-0.25, -0.2) is 13.2 Å². The van der Waals surface area contributed by atoms with E-state index < -0.39 is 9.84 Å². The van der Waals surface area contributed by atoms with Gasteiger partial charge in [-0.2, -0.15) is 0 Å². The summed E-state index contributed by atoms with van der Waals surface area (Å²) in [6.45, 7) is 6.83. The summed E-state index contributed by atoms with van der Waals surface area (Å²) in [4.78, 5) is 12.4. The van der Waals surface area contributed by atoms with Crippen LogP contribution in [0.1, 0.15) is 49.5 Å². The maximum absolute atomic E-state index is 12.4. The van der Waals surface area contributed by atoms with E-state index in [9.17, 15) is 13.2 Å². The largest absolute Gasteiger partial charge is 0.458 e. The van der Waals surface area contributed by atoms with Gasteiger partial charge in [0.2, 0.25) is 0 Å². The van der Waals surface area contributed by atoms with E-state index in [1.807, 2.05) is 0 Å². The molecule has 0 N–H and O–H groups in total. The van der Waals surface area contributed by atoms with Crippen molar-refractivity contribution in [3.8, 4) is 0 Å². The monoisotopic (exact) mass is 350 g/mol. The molecular formula is C19H26O4S. The first-order valence-electron chi connectivity index (χ1n) is 8.55. The second-order valence-corrected chi connectivity index (χ2v) is 10.3. The van der Waals surface area contributed by atoms with Crippen molar-refractivity contribution in [3.63, 3.8) is 0 Å². The van der Waals surface area contributed by atoms with Crippen LogP contribution in [0.3, 0.4) is 0 Å². The van der Waals surface area contributed by atoms with Crippen molar-refractivity contribution in [1.29, 1.82) is 0 Å². The molecule has 0 saturated heterocycles. The molecule has 4 rings (SSSR count). The quantitative estimate of drug-likeness (QED) is 0.780. The van der Waals surface area contributed by atoms with Crippen LogP contribution in [0.2, 0.25) is 0 Å². The summed E-state index contributed by atoms with van der Waals surface area (Å²) < 4.78 is 28.4. The van der Waals surface area contributed by atoms with E-state index in [2.05, 4.69) is 20.8 Å². The van der Waals surface area contributed by atoms with Crippen molar-refractivity contribution in [2.45, 2.75) is 45.5 Å². The number of esters is 1. The zero-order valence-corrected chi connectivity index (χ0v) is 15.6. The minimum atomic E-state index is -3.07. The van der Waals surface area contributed by atoms with Gasteiger partial charge < -0.3 is 4.74 Å². The van der Waals surface area contributed by atoms with Crippen LogP contribution in [-0.4, -0.2) is 26.7 Å². The summed E-state index contributed by atoms with van der Waals surface area (Å²) in [7, 11) is -3.07. The molecule has 2 bridgehead atoms. The van der Waals surface area contributed by atoms with Gasteiger partial charge in [-0.15, -0.1) is 0 Å². The normalized spacial score (nSPS) is 31.2. The number of hydrogen-bond acceptors (Lipinski definition) is 4. The molecule has 132 valence electrons. The Morgan fingerprint density at radius 3 is 2.33 bits per heavy atom. The third kappa shape index (κ3) is 3.23. The Labute approximate surface area is 144 Å². The lowest BCUT2D eigenvalue weighted by atomic mass is 9.45. The Hall–Kier alpha value is -1.36. The van der Waals surface area contributed by atoms with E-state index in [0.29, 0.717) is 34.3 Å². The van der Waals surface area contributed by atoms with E-state index >= 15 is 0 Å². The van der Waals surface area contributed by atoms with E-state index in [4.69, 9.17) is 4.74 Å². The fourth-order valence-electron chi connectivity index (χ4n) is 4.50. The number of ether oxygens (including phenoxy) is 1. The average molecular weight is 350 g/mol. The zero-order valence-electron chi connectivity index (χ0n) is 14.8. The van der Waals surface area contributed by atoms with Crippen LogP contribution in [0.25, 0.3) is 0 Å². The lowest BCUT2D eigenvalue weighted by molar-refractivity contribution is -0.156. The SMILES string of the molecule is C[C@@H]1[C@@H](OC(=O)c2ccc(CS(C)(=O)=O)cc2)C[C@H]2C[C@H]1C2(C)C. The molecule has 4 atom stereocenters. The zero-order chi connectivity index (χ0) is 17.7. The number of carbonyl (C=O) groups is 1. The molecule has 0 amide bonds. The van der Waals surface area contributed by atoms with Crippen molar-refractivity contribution in [2.75, 3.05) is 6.26 Å².